The van der Waals surface area contributed by atoms with Gasteiger partial charge in [0.2, 0.25) is 0 Å². The predicted octanol–water partition coefficient (Wildman–Crippen LogP) is 3.68. The molecule has 1 aromatic carbocycles. The molecule has 0 aliphatic heterocycles. The van der Waals surface area contributed by atoms with E-state index in [0.717, 1.165) is 10.0 Å². The summed E-state index contributed by atoms with van der Waals surface area (Å²) in [4.78, 5) is 23.2. The van der Waals surface area contributed by atoms with Crippen molar-refractivity contribution in [1.29, 1.82) is 0 Å². The van der Waals surface area contributed by atoms with E-state index in [2.05, 4.69) is 21.2 Å². The summed E-state index contributed by atoms with van der Waals surface area (Å²) >= 11 is 3.36. The maximum Gasteiger partial charge on any atom is 0.306 e. The van der Waals surface area contributed by atoms with Gasteiger partial charge >= 0.3 is 5.97 Å². The summed E-state index contributed by atoms with van der Waals surface area (Å²) in [5, 5.41) is 2.72. The van der Waals surface area contributed by atoms with E-state index in [1.165, 1.54) is 0 Å². The van der Waals surface area contributed by atoms with Gasteiger partial charge < -0.3 is 10.1 Å². The third-order valence-corrected chi connectivity index (χ3v) is 2.99. The molecule has 0 aliphatic rings. The second-order valence-electron chi connectivity index (χ2n) is 5.91. The van der Waals surface area contributed by atoms with Crippen molar-refractivity contribution in [3.05, 3.63) is 28.2 Å². The van der Waals surface area contributed by atoms with Gasteiger partial charge in [-0.1, -0.05) is 36.7 Å². The van der Waals surface area contributed by atoms with E-state index in [1.807, 2.05) is 39.8 Å². The average molecular weight is 342 g/mol. The molecule has 0 fully saturated rings. The third kappa shape index (κ3) is 6.19. The van der Waals surface area contributed by atoms with Crippen molar-refractivity contribution in [3.8, 4) is 0 Å². The zero-order valence-corrected chi connectivity index (χ0v) is 13.8. The van der Waals surface area contributed by atoms with Crippen molar-refractivity contribution in [2.75, 3.05) is 11.9 Å². The van der Waals surface area contributed by atoms with Gasteiger partial charge in [0.25, 0.3) is 5.91 Å². The maximum atomic E-state index is 11.7. The summed E-state index contributed by atoms with van der Waals surface area (Å²) in [5.41, 5.74) is 1.51. The van der Waals surface area contributed by atoms with Crippen LogP contribution in [0.15, 0.2) is 22.7 Å². The highest BCUT2D eigenvalue weighted by Gasteiger charge is 2.18. The lowest BCUT2D eigenvalue weighted by Crippen LogP contribution is -2.23. The van der Waals surface area contributed by atoms with Crippen molar-refractivity contribution in [1.82, 2.24) is 0 Å². The van der Waals surface area contributed by atoms with Gasteiger partial charge in [0.1, 0.15) is 0 Å². The van der Waals surface area contributed by atoms with Gasteiger partial charge in [-0.2, -0.15) is 0 Å². The van der Waals surface area contributed by atoms with Crippen LogP contribution in [0.1, 0.15) is 32.8 Å². The molecule has 1 N–H and O–H groups in total. The van der Waals surface area contributed by atoms with E-state index in [9.17, 15) is 9.59 Å². The Balaban J connectivity index is 2.46. The smallest absolute Gasteiger partial charge is 0.306 e. The third-order valence-electron chi connectivity index (χ3n) is 2.50. The van der Waals surface area contributed by atoms with Gasteiger partial charge in [0.15, 0.2) is 6.61 Å². The van der Waals surface area contributed by atoms with Gasteiger partial charge in [-0.15, -0.1) is 0 Å². The molecular formula is C15H20BrNO3. The lowest BCUT2D eigenvalue weighted by atomic mass is 9.92. The number of rotatable bonds is 4. The molecular weight excluding hydrogens is 322 g/mol. The van der Waals surface area contributed by atoms with Crippen LogP contribution in [0.5, 0.6) is 0 Å². The standard InChI is InChI=1S/C15H20BrNO3/c1-10-7-11(16)5-6-12(10)17-13(18)9-20-14(19)8-15(2,3)4/h5-7H,8-9H2,1-4H3,(H,17,18). The minimum atomic E-state index is -0.361. The Hall–Kier alpha value is -1.36. The highest BCUT2D eigenvalue weighted by Crippen LogP contribution is 2.20. The van der Waals surface area contributed by atoms with E-state index in [1.54, 1.807) is 6.07 Å². The van der Waals surface area contributed by atoms with Gasteiger partial charge in [0.05, 0.1) is 6.42 Å². The van der Waals surface area contributed by atoms with Crippen LogP contribution >= 0.6 is 15.9 Å². The van der Waals surface area contributed by atoms with Crippen LogP contribution in [-0.4, -0.2) is 18.5 Å². The normalized spacial score (nSPS) is 11.1. The molecule has 5 heteroatoms. The number of benzene rings is 1. The fraction of sp³-hybridized carbons (Fsp3) is 0.467. The number of anilines is 1. The lowest BCUT2D eigenvalue weighted by molar-refractivity contribution is -0.149. The highest BCUT2D eigenvalue weighted by molar-refractivity contribution is 9.10. The number of hydrogen-bond acceptors (Lipinski definition) is 3. The summed E-state index contributed by atoms with van der Waals surface area (Å²) in [6.07, 6.45) is 0.289. The largest absolute Gasteiger partial charge is 0.456 e. The van der Waals surface area contributed by atoms with Crippen LogP contribution in [0.4, 0.5) is 5.69 Å². The number of carbonyl (C=O) groups excluding carboxylic acids is 2. The summed E-state index contributed by atoms with van der Waals surface area (Å²) < 4.78 is 5.90. The Morgan fingerprint density at radius 2 is 1.95 bits per heavy atom. The minimum absolute atomic E-state index is 0.143. The molecule has 0 bridgehead atoms. The van der Waals surface area contributed by atoms with Crippen molar-refractivity contribution >= 4 is 33.5 Å². The fourth-order valence-corrected chi connectivity index (χ4v) is 2.06. The molecule has 1 aromatic rings. The van der Waals surface area contributed by atoms with Crippen LogP contribution < -0.4 is 5.32 Å². The molecule has 0 radical (unpaired) electrons. The number of aryl methyl sites for hydroxylation is 1. The molecule has 20 heavy (non-hydrogen) atoms. The van der Waals surface area contributed by atoms with E-state index < -0.39 is 0 Å². The van der Waals surface area contributed by atoms with Crippen LogP contribution in [0.3, 0.4) is 0 Å². The Morgan fingerprint density at radius 3 is 2.50 bits per heavy atom. The molecule has 110 valence electrons. The first-order valence-electron chi connectivity index (χ1n) is 6.39. The number of halogens is 1. The lowest BCUT2D eigenvalue weighted by Gasteiger charge is -2.16. The Bertz CT molecular complexity index is 506. The second kappa shape index (κ2) is 6.88. The van der Waals surface area contributed by atoms with Crippen molar-refractivity contribution in [2.45, 2.75) is 34.1 Å². The van der Waals surface area contributed by atoms with Crippen LogP contribution in [0.2, 0.25) is 0 Å². The average Bonchev–Trinajstić information content (AvgIpc) is 2.28. The first kappa shape index (κ1) is 16.7. The van der Waals surface area contributed by atoms with Crippen molar-refractivity contribution < 1.29 is 14.3 Å². The first-order chi connectivity index (χ1) is 9.17. The minimum Gasteiger partial charge on any atom is -0.456 e. The molecule has 4 nitrogen and oxygen atoms in total. The van der Waals surface area contributed by atoms with Crippen LogP contribution in [0.25, 0.3) is 0 Å². The number of esters is 1. The quantitative estimate of drug-likeness (QED) is 0.850. The molecule has 0 heterocycles. The summed E-state index contributed by atoms with van der Waals surface area (Å²) in [5.74, 6) is -0.696. The number of nitrogens with one attached hydrogen (secondary N) is 1. The molecule has 0 saturated heterocycles. The zero-order chi connectivity index (χ0) is 15.3. The second-order valence-corrected chi connectivity index (χ2v) is 6.82. The van der Waals surface area contributed by atoms with E-state index in [0.29, 0.717) is 5.69 Å². The van der Waals surface area contributed by atoms with Crippen LogP contribution in [-0.2, 0) is 14.3 Å². The van der Waals surface area contributed by atoms with E-state index in [4.69, 9.17) is 4.74 Å². The Labute approximate surface area is 128 Å². The van der Waals surface area contributed by atoms with Gasteiger partial charge in [-0.25, -0.2) is 0 Å². The molecule has 0 aromatic heterocycles. The zero-order valence-electron chi connectivity index (χ0n) is 12.2. The van der Waals surface area contributed by atoms with E-state index >= 15 is 0 Å². The maximum absolute atomic E-state index is 11.7. The molecule has 0 aliphatic carbocycles. The number of amides is 1. The highest BCUT2D eigenvalue weighted by atomic mass is 79.9. The summed E-state index contributed by atoms with van der Waals surface area (Å²) in [7, 11) is 0. The fourth-order valence-electron chi connectivity index (χ4n) is 1.58. The summed E-state index contributed by atoms with van der Waals surface area (Å²) in [6, 6.07) is 5.55. The summed E-state index contributed by atoms with van der Waals surface area (Å²) in [6.45, 7) is 7.47. The van der Waals surface area contributed by atoms with Gasteiger partial charge in [0, 0.05) is 10.2 Å². The molecule has 0 atom stereocenters. The number of hydrogen-bond donors (Lipinski definition) is 1. The molecule has 0 saturated carbocycles. The molecule has 1 amide bonds. The Morgan fingerprint density at radius 1 is 1.30 bits per heavy atom. The van der Waals surface area contributed by atoms with Gasteiger partial charge in [-0.05, 0) is 36.1 Å². The molecule has 0 spiro atoms. The van der Waals surface area contributed by atoms with Gasteiger partial charge in [-0.3, -0.25) is 9.59 Å². The number of carbonyl (C=O) groups is 2. The monoisotopic (exact) mass is 341 g/mol. The topological polar surface area (TPSA) is 55.4 Å². The predicted molar refractivity (Wildman–Crippen MR) is 82.5 cm³/mol. The van der Waals surface area contributed by atoms with Crippen molar-refractivity contribution in [2.24, 2.45) is 5.41 Å². The van der Waals surface area contributed by atoms with E-state index in [-0.39, 0.29) is 30.3 Å². The van der Waals surface area contributed by atoms with Crippen molar-refractivity contribution in [3.63, 3.8) is 0 Å². The molecule has 1 rings (SSSR count). The molecule has 0 unspecified atom stereocenters. The van der Waals surface area contributed by atoms with Crippen LogP contribution in [0, 0.1) is 12.3 Å². The first-order valence-corrected chi connectivity index (χ1v) is 7.18. The SMILES string of the molecule is Cc1cc(Br)ccc1NC(=O)COC(=O)CC(C)(C)C. The number of ether oxygens (including phenoxy) is 1. The Kier molecular flexibility index (Phi) is 5.74.